The first-order valence-electron chi connectivity index (χ1n) is 8.14. The third kappa shape index (κ3) is 3.42. The summed E-state index contributed by atoms with van der Waals surface area (Å²) in [5.74, 6) is -0.460. The highest BCUT2D eigenvalue weighted by Gasteiger charge is 2.19. The minimum Gasteiger partial charge on any atom is -0.408 e. The van der Waals surface area contributed by atoms with Crippen molar-refractivity contribution in [3.05, 3.63) is 34.3 Å². The zero-order chi connectivity index (χ0) is 15.5. The van der Waals surface area contributed by atoms with Crippen LogP contribution in [-0.2, 0) is 0 Å². The first-order chi connectivity index (χ1) is 10.6. The van der Waals surface area contributed by atoms with Gasteiger partial charge in [-0.2, -0.15) is 0 Å². The largest absolute Gasteiger partial charge is 0.417 e. The van der Waals surface area contributed by atoms with Gasteiger partial charge in [0, 0.05) is 12.6 Å². The van der Waals surface area contributed by atoms with Gasteiger partial charge in [0.1, 0.15) is 0 Å². The summed E-state index contributed by atoms with van der Waals surface area (Å²) in [6, 6.07) is 6.03. The van der Waals surface area contributed by atoms with Crippen LogP contribution in [0, 0.1) is 0 Å². The van der Waals surface area contributed by atoms with Crippen molar-refractivity contribution in [2.24, 2.45) is 0 Å². The fraction of sp³-hybridized carbons (Fsp3) is 0.588. The van der Waals surface area contributed by atoms with Crippen molar-refractivity contribution in [1.29, 1.82) is 0 Å². The molecule has 120 valence electrons. The van der Waals surface area contributed by atoms with Crippen LogP contribution in [0.3, 0.4) is 0 Å². The quantitative estimate of drug-likeness (QED) is 0.891. The van der Waals surface area contributed by atoms with Gasteiger partial charge in [0.25, 0.3) is 0 Å². The Morgan fingerprint density at radius 2 is 2.14 bits per heavy atom. The minimum atomic E-state index is -0.532. The van der Waals surface area contributed by atoms with E-state index in [1.54, 1.807) is 12.1 Å². The summed E-state index contributed by atoms with van der Waals surface area (Å²) in [7, 11) is 2.15. The molecule has 1 aromatic heterocycles. The number of aromatic nitrogens is 1. The van der Waals surface area contributed by atoms with Crippen LogP contribution < -0.4 is 5.76 Å². The monoisotopic (exact) mass is 304 g/mol. The van der Waals surface area contributed by atoms with E-state index in [4.69, 9.17) is 4.42 Å². The summed E-state index contributed by atoms with van der Waals surface area (Å²) < 4.78 is 5.05. The maximum atomic E-state index is 11.2. The second-order valence-electron chi connectivity index (χ2n) is 6.35. The lowest BCUT2D eigenvalue weighted by atomic mass is 9.94. The third-order valence-electron chi connectivity index (χ3n) is 4.78. The van der Waals surface area contributed by atoms with E-state index in [0.717, 1.165) is 12.1 Å². The molecule has 0 radical (unpaired) electrons. The SMILES string of the molecule is CN(CCC(O)c1ccc2[nH]c(=O)oc2c1)C1CCCCC1. The second-order valence-corrected chi connectivity index (χ2v) is 6.35. The summed E-state index contributed by atoms with van der Waals surface area (Å²) in [4.78, 5) is 16.1. The molecule has 1 aliphatic carbocycles. The van der Waals surface area contributed by atoms with Crippen LogP contribution in [0.2, 0.25) is 0 Å². The molecule has 1 heterocycles. The molecule has 1 atom stereocenters. The van der Waals surface area contributed by atoms with Gasteiger partial charge < -0.3 is 14.4 Å². The molecule has 0 aliphatic heterocycles. The Morgan fingerprint density at radius 3 is 2.91 bits per heavy atom. The van der Waals surface area contributed by atoms with Gasteiger partial charge in [0.05, 0.1) is 11.6 Å². The highest BCUT2D eigenvalue weighted by molar-refractivity contribution is 5.72. The van der Waals surface area contributed by atoms with Crippen LogP contribution in [0.5, 0.6) is 0 Å². The number of hydrogen-bond acceptors (Lipinski definition) is 4. The van der Waals surface area contributed by atoms with Gasteiger partial charge in [0.2, 0.25) is 0 Å². The van der Waals surface area contributed by atoms with Crippen LogP contribution in [0.15, 0.2) is 27.4 Å². The van der Waals surface area contributed by atoms with Gasteiger partial charge in [-0.1, -0.05) is 25.3 Å². The number of aliphatic hydroxyl groups is 1. The van der Waals surface area contributed by atoms with Crippen molar-refractivity contribution in [3.63, 3.8) is 0 Å². The molecule has 2 aromatic rings. The molecule has 2 N–H and O–H groups in total. The van der Waals surface area contributed by atoms with Crippen molar-refractivity contribution >= 4 is 11.1 Å². The van der Waals surface area contributed by atoms with E-state index in [2.05, 4.69) is 16.9 Å². The molecule has 1 fully saturated rings. The molecule has 0 saturated heterocycles. The van der Waals surface area contributed by atoms with E-state index in [0.29, 0.717) is 23.6 Å². The number of benzene rings is 1. The lowest BCUT2D eigenvalue weighted by Gasteiger charge is -2.31. The van der Waals surface area contributed by atoms with Crippen LogP contribution >= 0.6 is 0 Å². The van der Waals surface area contributed by atoms with E-state index in [1.807, 2.05) is 6.07 Å². The topological polar surface area (TPSA) is 69.5 Å². The Bertz CT molecular complexity index is 670. The van der Waals surface area contributed by atoms with E-state index >= 15 is 0 Å². The van der Waals surface area contributed by atoms with Crippen molar-refractivity contribution < 1.29 is 9.52 Å². The number of nitrogens with one attached hydrogen (secondary N) is 1. The first kappa shape index (κ1) is 15.3. The van der Waals surface area contributed by atoms with Gasteiger partial charge in [-0.05, 0) is 44.0 Å². The number of nitrogens with zero attached hydrogens (tertiary/aromatic N) is 1. The summed E-state index contributed by atoms with van der Waals surface area (Å²) >= 11 is 0. The first-order valence-corrected chi connectivity index (χ1v) is 8.14. The van der Waals surface area contributed by atoms with Gasteiger partial charge in [0.15, 0.2) is 5.58 Å². The van der Waals surface area contributed by atoms with E-state index < -0.39 is 11.9 Å². The molecule has 22 heavy (non-hydrogen) atoms. The smallest absolute Gasteiger partial charge is 0.408 e. The molecule has 0 spiro atoms. The highest BCUT2D eigenvalue weighted by atomic mass is 16.4. The maximum Gasteiger partial charge on any atom is 0.417 e. The van der Waals surface area contributed by atoms with E-state index in [9.17, 15) is 9.90 Å². The van der Waals surface area contributed by atoms with Crippen molar-refractivity contribution in [2.45, 2.75) is 50.7 Å². The summed E-state index contributed by atoms with van der Waals surface area (Å²) in [5.41, 5.74) is 1.97. The number of fused-ring (bicyclic) bond motifs is 1. The summed E-state index contributed by atoms with van der Waals surface area (Å²) in [6.45, 7) is 0.876. The van der Waals surface area contributed by atoms with E-state index in [-0.39, 0.29) is 0 Å². The van der Waals surface area contributed by atoms with Crippen molar-refractivity contribution in [3.8, 4) is 0 Å². The molecule has 1 saturated carbocycles. The number of aromatic amines is 1. The van der Waals surface area contributed by atoms with Gasteiger partial charge >= 0.3 is 5.76 Å². The average Bonchev–Trinajstić information content (AvgIpc) is 2.92. The Morgan fingerprint density at radius 1 is 1.36 bits per heavy atom. The Hall–Kier alpha value is -1.59. The number of oxazole rings is 1. The van der Waals surface area contributed by atoms with Crippen LogP contribution in [-0.4, -0.2) is 34.6 Å². The maximum absolute atomic E-state index is 11.2. The fourth-order valence-corrected chi connectivity index (χ4v) is 3.37. The number of H-pyrrole nitrogens is 1. The zero-order valence-corrected chi connectivity index (χ0v) is 13.0. The predicted octanol–water partition coefficient (Wildman–Crippen LogP) is 2.81. The number of hydrogen-bond donors (Lipinski definition) is 2. The second kappa shape index (κ2) is 6.67. The minimum absolute atomic E-state index is 0.460. The molecule has 1 unspecified atom stereocenters. The summed E-state index contributed by atoms with van der Waals surface area (Å²) in [5, 5.41) is 10.4. The molecule has 3 rings (SSSR count). The van der Waals surface area contributed by atoms with Crippen molar-refractivity contribution in [1.82, 2.24) is 9.88 Å². The van der Waals surface area contributed by atoms with Crippen LogP contribution in [0.4, 0.5) is 0 Å². The van der Waals surface area contributed by atoms with Gasteiger partial charge in [-0.15, -0.1) is 0 Å². The Kier molecular flexibility index (Phi) is 4.64. The molecule has 0 amide bonds. The zero-order valence-electron chi connectivity index (χ0n) is 13.0. The Labute approximate surface area is 129 Å². The predicted molar refractivity (Wildman–Crippen MR) is 85.9 cm³/mol. The molecule has 1 aromatic carbocycles. The Balaban J connectivity index is 1.60. The lowest BCUT2D eigenvalue weighted by molar-refractivity contribution is 0.125. The van der Waals surface area contributed by atoms with Crippen LogP contribution in [0.25, 0.3) is 11.1 Å². The van der Waals surface area contributed by atoms with E-state index in [1.165, 1.54) is 32.1 Å². The third-order valence-corrected chi connectivity index (χ3v) is 4.78. The lowest BCUT2D eigenvalue weighted by Crippen LogP contribution is -2.34. The fourth-order valence-electron chi connectivity index (χ4n) is 3.37. The highest BCUT2D eigenvalue weighted by Crippen LogP contribution is 2.24. The van der Waals surface area contributed by atoms with Gasteiger partial charge in [-0.3, -0.25) is 4.98 Å². The van der Waals surface area contributed by atoms with Gasteiger partial charge in [-0.25, -0.2) is 4.79 Å². The summed E-state index contributed by atoms with van der Waals surface area (Å²) in [6.07, 6.45) is 6.69. The number of rotatable bonds is 5. The molecule has 0 bridgehead atoms. The van der Waals surface area contributed by atoms with Crippen LogP contribution in [0.1, 0.15) is 50.2 Å². The number of aliphatic hydroxyl groups excluding tert-OH is 1. The molecule has 5 nitrogen and oxygen atoms in total. The molecular formula is C17H24N2O3. The molecule has 5 heteroatoms. The molecule has 1 aliphatic rings. The normalized spacial score (nSPS) is 18.1. The average molecular weight is 304 g/mol. The molecular weight excluding hydrogens is 280 g/mol. The van der Waals surface area contributed by atoms with Crippen molar-refractivity contribution in [2.75, 3.05) is 13.6 Å². The standard InChI is InChI=1S/C17H24N2O3/c1-19(13-5-3-2-4-6-13)10-9-15(20)12-7-8-14-16(11-12)22-17(21)18-14/h7-8,11,13,15,20H,2-6,9-10H2,1H3,(H,18,21).